The summed E-state index contributed by atoms with van der Waals surface area (Å²) in [6, 6.07) is 3.09. The van der Waals surface area contributed by atoms with E-state index < -0.39 is 0 Å². The number of hydrogen-bond acceptors (Lipinski definition) is 5. The normalized spacial score (nSPS) is 35.7. The minimum Gasteiger partial charge on any atom is -0.503 e. The maximum Gasteiger partial charge on any atom is 0.254 e. The number of amides is 2. The van der Waals surface area contributed by atoms with Gasteiger partial charge in [0.25, 0.3) is 11.8 Å². The highest BCUT2D eigenvalue weighted by Crippen LogP contribution is 2.65. The second-order valence-corrected chi connectivity index (χ2v) is 8.08. The Bertz CT molecular complexity index is 875. The van der Waals surface area contributed by atoms with Crippen molar-refractivity contribution in [3.8, 4) is 11.5 Å². The van der Waals surface area contributed by atoms with Crippen LogP contribution in [0.4, 0.5) is 0 Å². The third-order valence-corrected chi connectivity index (χ3v) is 6.60. The number of benzene rings is 1. The van der Waals surface area contributed by atoms with E-state index in [2.05, 4.69) is 17.3 Å². The zero-order valence-corrected chi connectivity index (χ0v) is 15.5. The van der Waals surface area contributed by atoms with Crippen LogP contribution in [0.15, 0.2) is 29.4 Å². The summed E-state index contributed by atoms with van der Waals surface area (Å²) in [5.41, 5.74) is 0.542. The number of imide groups is 1. The molecule has 1 aromatic rings. The minimum absolute atomic E-state index is 0.123. The molecule has 0 aromatic heterocycles. The monoisotopic (exact) mass is 386 g/mol. The van der Waals surface area contributed by atoms with Gasteiger partial charge >= 0.3 is 0 Å². The Labute approximate surface area is 161 Å². The SMILES string of the molecule is CCOc1cc(/C=N\N2C(=O)[C@H]3[C@@H]4C=C[C@H]([C@H]5C[C@H]45)[C@@H]3C2=O)cc(Cl)c1O. The summed E-state index contributed by atoms with van der Waals surface area (Å²) in [4.78, 5) is 25.8. The summed E-state index contributed by atoms with van der Waals surface area (Å²) in [5.74, 6) is 0.619. The molecule has 2 bridgehead atoms. The molecular weight excluding hydrogens is 368 g/mol. The van der Waals surface area contributed by atoms with Gasteiger partial charge in [-0.25, -0.2) is 0 Å². The molecule has 4 aliphatic carbocycles. The smallest absolute Gasteiger partial charge is 0.254 e. The van der Waals surface area contributed by atoms with Crippen LogP contribution >= 0.6 is 11.6 Å². The van der Waals surface area contributed by atoms with Gasteiger partial charge in [-0.2, -0.15) is 10.1 Å². The molecule has 0 spiro atoms. The maximum atomic E-state index is 12.9. The maximum absolute atomic E-state index is 12.9. The van der Waals surface area contributed by atoms with Gasteiger partial charge in [0.15, 0.2) is 11.5 Å². The summed E-state index contributed by atoms with van der Waals surface area (Å²) < 4.78 is 5.35. The Morgan fingerprint density at radius 3 is 2.44 bits per heavy atom. The number of allylic oxidation sites excluding steroid dienone is 2. The second-order valence-electron chi connectivity index (χ2n) is 7.67. The van der Waals surface area contributed by atoms with Crippen LogP contribution in [-0.2, 0) is 9.59 Å². The molecule has 1 aliphatic heterocycles. The third-order valence-electron chi connectivity index (χ3n) is 6.31. The summed E-state index contributed by atoms with van der Waals surface area (Å²) in [6.45, 7) is 2.17. The van der Waals surface area contributed by atoms with E-state index in [1.807, 2.05) is 0 Å². The lowest BCUT2D eigenvalue weighted by Crippen LogP contribution is -2.40. The number of nitrogens with zero attached hydrogens (tertiary/aromatic N) is 2. The lowest BCUT2D eigenvalue weighted by atomic mass is 9.63. The lowest BCUT2D eigenvalue weighted by molar-refractivity contribution is -0.140. The number of rotatable bonds is 4. The zero-order valence-electron chi connectivity index (χ0n) is 14.7. The predicted octanol–water partition coefficient (Wildman–Crippen LogP) is 2.83. The van der Waals surface area contributed by atoms with E-state index in [1.165, 1.54) is 12.3 Å². The van der Waals surface area contributed by atoms with E-state index in [0.29, 0.717) is 24.0 Å². The van der Waals surface area contributed by atoms with Crippen molar-refractivity contribution in [2.45, 2.75) is 13.3 Å². The fourth-order valence-corrected chi connectivity index (χ4v) is 5.33. The van der Waals surface area contributed by atoms with Gasteiger partial charge < -0.3 is 9.84 Å². The van der Waals surface area contributed by atoms with Gasteiger partial charge in [-0.1, -0.05) is 23.8 Å². The first-order valence-corrected chi connectivity index (χ1v) is 9.64. The van der Waals surface area contributed by atoms with Gasteiger partial charge in [0.05, 0.1) is 29.7 Å². The fraction of sp³-hybridized carbons (Fsp3) is 0.450. The van der Waals surface area contributed by atoms with Crippen molar-refractivity contribution in [3.05, 3.63) is 34.9 Å². The fourth-order valence-electron chi connectivity index (χ4n) is 5.11. The van der Waals surface area contributed by atoms with Crippen LogP contribution in [0.1, 0.15) is 18.9 Å². The first kappa shape index (κ1) is 16.8. The lowest BCUT2D eigenvalue weighted by Gasteiger charge is -2.37. The summed E-state index contributed by atoms with van der Waals surface area (Å²) in [7, 11) is 0. The van der Waals surface area contributed by atoms with Crippen molar-refractivity contribution < 1.29 is 19.4 Å². The van der Waals surface area contributed by atoms with Gasteiger partial charge in [0, 0.05) is 0 Å². The minimum atomic E-state index is -0.268. The third kappa shape index (κ3) is 2.35. The molecule has 5 aliphatic rings. The number of hydrogen-bond donors (Lipinski definition) is 1. The Morgan fingerprint density at radius 1 is 1.22 bits per heavy atom. The molecule has 1 aromatic carbocycles. The van der Waals surface area contributed by atoms with Crippen LogP contribution in [0.3, 0.4) is 0 Å². The van der Waals surface area contributed by atoms with Gasteiger partial charge in [-0.3, -0.25) is 9.59 Å². The van der Waals surface area contributed by atoms with Crippen molar-refractivity contribution >= 4 is 29.6 Å². The van der Waals surface area contributed by atoms with Crippen LogP contribution in [-0.4, -0.2) is 34.8 Å². The Morgan fingerprint density at radius 2 is 1.85 bits per heavy atom. The number of halogens is 1. The van der Waals surface area contributed by atoms with Gasteiger partial charge in [0.2, 0.25) is 0 Å². The zero-order chi connectivity index (χ0) is 18.9. The predicted molar refractivity (Wildman–Crippen MR) is 98.4 cm³/mol. The molecule has 27 heavy (non-hydrogen) atoms. The average Bonchev–Trinajstić information content (AvgIpc) is 3.43. The largest absolute Gasteiger partial charge is 0.503 e. The van der Waals surface area contributed by atoms with Crippen molar-refractivity contribution in [1.82, 2.24) is 5.01 Å². The van der Waals surface area contributed by atoms with E-state index in [-0.39, 0.29) is 52.0 Å². The molecule has 140 valence electrons. The van der Waals surface area contributed by atoms with Gasteiger partial charge in [0.1, 0.15) is 0 Å². The number of hydrazone groups is 1. The summed E-state index contributed by atoms with van der Waals surface area (Å²) >= 11 is 6.03. The van der Waals surface area contributed by atoms with E-state index >= 15 is 0 Å². The molecule has 7 heteroatoms. The van der Waals surface area contributed by atoms with Crippen LogP contribution in [0.5, 0.6) is 11.5 Å². The quantitative estimate of drug-likeness (QED) is 0.490. The molecule has 0 radical (unpaired) electrons. The molecule has 1 N–H and O–H groups in total. The van der Waals surface area contributed by atoms with Crippen LogP contribution in [0.2, 0.25) is 5.02 Å². The molecule has 2 amide bonds. The molecule has 1 heterocycles. The molecule has 0 unspecified atom stereocenters. The topological polar surface area (TPSA) is 79.2 Å². The standard InChI is InChI=1S/C20H19ClN2O4/c1-2-27-15-6-9(5-14(21)18(15)24)8-22-23-19(25)16-10-3-4-11(13-7-12(10)13)17(16)20(23)26/h3-6,8,10-13,16-17,24H,2,7H2,1H3/b22-8-/t10-,11-,12-,13-,16+,17+/m1/s1. The number of phenolic OH excluding ortho intramolecular Hbond substituents is 1. The molecular formula is C20H19ClN2O4. The average molecular weight is 387 g/mol. The summed E-state index contributed by atoms with van der Waals surface area (Å²) in [5, 5.41) is 15.2. The van der Waals surface area contributed by atoms with E-state index in [1.54, 1.807) is 13.0 Å². The number of carbonyl (C=O) groups excluding carboxylic acids is 2. The van der Waals surface area contributed by atoms with Crippen molar-refractivity contribution in [1.29, 1.82) is 0 Å². The highest BCUT2D eigenvalue weighted by molar-refractivity contribution is 6.32. The molecule has 1 saturated heterocycles. The molecule has 6 atom stereocenters. The van der Waals surface area contributed by atoms with Gasteiger partial charge in [-0.15, -0.1) is 0 Å². The van der Waals surface area contributed by atoms with Crippen LogP contribution in [0, 0.1) is 35.5 Å². The number of phenols is 1. The van der Waals surface area contributed by atoms with E-state index in [9.17, 15) is 14.7 Å². The first-order valence-electron chi connectivity index (χ1n) is 9.26. The number of aromatic hydroxyl groups is 1. The highest BCUT2D eigenvalue weighted by Gasteiger charge is 2.67. The molecule has 3 fully saturated rings. The Kier molecular flexibility index (Phi) is 3.63. The van der Waals surface area contributed by atoms with Crippen molar-refractivity contribution in [3.63, 3.8) is 0 Å². The number of ether oxygens (including phenoxy) is 1. The number of carbonyl (C=O) groups is 2. The van der Waals surface area contributed by atoms with Crippen LogP contribution in [0.25, 0.3) is 0 Å². The highest BCUT2D eigenvalue weighted by atomic mass is 35.5. The van der Waals surface area contributed by atoms with Crippen LogP contribution < -0.4 is 4.74 Å². The van der Waals surface area contributed by atoms with E-state index in [0.717, 1.165) is 11.4 Å². The molecule has 6 rings (SSSR count). The Balaban J connectivity index is 1.42. The van der Waals surface area contributed by atoms with Crippen molar-refractivity contribution in [2.24, 2.45) is 40.6 Å². The first-order chi connectivity index (χ1) is 13.0. The Hall–Kier alpha value is -2.34. The molecule has 2 saturated carbocycles. The van der Waals surface area contributed by atoms with Gasteiger partial charge in [-0.05, 0) is 54.7 Å². The second kappa shape index (κ2) is 5.83. The molecule has 6 nitrogen and oxygen atoms in total. The summed E-state index contributed by atoms with van der Waals surface area (Å²) in [6.07, 6.45) is 6.81. The van der Waals surface area contributed by atoms with Crippen molar-refractivity contribution in [2.75, 3.05) is 6.61 Å². The van der Waals surface area contributed by atoms with E-state index in [4.69, 9.17) is 16.3 Å².